The smallest absolute Gasteiger partial charge is 0.300 e. The van der Waals surface area contributed by atoms with E-state index in [0.29, 0.717) is 18.9 Å². The lowest BCUT2D eigenvalue weighted by Crippen LogP contribution is -2.16. The SMILES string of the molecule is CCCC#CC(=O)Nc1cccc2c1cc(C)n2-c1nc2c(c(NCc3ccccc3)n1)CCCC2. The monoisotopic (exact) mass is 477 g/mol. The number of unbranched alkanes of at least 4 members (excludes halogenated alkanes) is 1. The first kappa shape index (κ1) is 23.6. The first-order chi connectivity index (χ1) is 17.6. The molecule has 1 amide bonds. The molecule has 0 spiro atoms. The minimum absolute atomic E-state index is 0.293. The van der Waals surface area contributed by atoms with Gasteiger partial charge in [0.2, 0.25) is 5.95 Å². The molecular weight excluding hydrogens is 446 g/mol. The van der Waals surface area contributed by atoms with Crippen molar-refractivity contribution in [3.05, 3.63) is 77.1 Å². The summed E-state index contributed by atoms with van der Waals surface area (Å²) in [6, 6.07) is 18.3. The Kier molecular flexibility index (Phi) is 6.99. The van der Waals surface area contributed by atoms with Crippen LogP contribution in [0.3, 0.4) is 0 Å². The van der Waals surface area contributed by atoms with Crippen molar-refractivity contribution in [2.75, 3.05) is 10.6 Å². The van der Waals surface area contributed by atoms with Crippen molar-refractivity contribution in [1.82, 2.24) is 14.5 Å². The highest BCUT2D eigenvalue weighted by molar-refractivity contribution is 6.09. The van der Waals surface area contributed by atoms with Crippen LogP contribution in [0.5, 0.6) is 0 Å². The van der Waals surface area contributed by atoms with Gasteiger partial charge in [-0.25, -0.2) is 4.98 Å². The largest absolute Gasteiger partial charge is 0.366 e. The van der Waals surface area contributed by atoms with Crippen molar-refractivity contribution in [1.29, 1.82) is 0 Å². The van der Waals surface area contributed by atoms with Gasteiger partial charge in [0.15, 0.2) is 0 Å². The van der Waals surface area contributed by atoms with Crippen molar-refractivity contribution in [3.8, 4) is 17.8 Å². The number of aromatic nitrogens is 3. The second kappa shape index (κ2) is 10.7. The number of rotatable bonds is 6. The molecule has 0 bridgehead atoms. The van der Waals surface area contributed by atoms with Crippen LogP contribution in [0.15, 0.2) is 54.6 Å². The molecule has 0 fully saturated rings. The Bertz CT molecular complexity index is 1460. The normalized spacial score (nSPS) is 12.5. The Balaban J connectivity index is 1.53. The van der Waals surface area contributed by atoms with E-state index in [2.05, 4.69) is 57.4 Å². The predicted octanol–water partition coefficient (Wildman–Crippen LogP) is 5.96. The van der Waals surface area contributed by atoms with Crippen LogP contribution in [0.2, 0.25) is 0 Å². The molecule has 182 valence electrons. The fourth-order valence-corrected chi connectivity index (χ4v) is 4.77. The van der Waals surface area contributed by atoms with Crippen LogP contribution in [0.25, 0.3) is 16.9 Å². The summed E-state index contributed by atoms with van der Waals surface area (Å²) in [6.45, 7) is 4.81. The van der Waals surface area contributed by atoms with E-state index in [9.17, 15) is 4.79 Å². The molecular formula is C30H31N5O. The van der Waals surface area contributed by atoms with Gasteiger partial charge in [-0.15, -0.1) is 0 Å². The zero-order valence-electron chi connectivity index (χ0n) is 20.9. The maximum absolute atomic E-state index is 12.4. The third kappa shape index (κ3) is 4.96. The van der Waals surface area contributed by atoms with Gasteiger partial charge in [-0.3, -0.25) is 9.36 Å². The van der Waals surface area contributed by atoms with Gasteiger partial charge in [0.05, 0.1) is 16.9 Å². The molecule has 6 nitrogen and oxygen atoms in total. The topological polar surface area (TPSA) is 71.8 Å². The Morgan fingerprint density at radius 1 is 1.06 bits per heavy atom. The van der Waals surface area contributed by atoms with Gasteiger partial charge in [-0.2, -0.15) is 4.98 Å². The summed E-state index contributed by atoms with van der Waals surface area (Å²) in [5.41, 5.74) is 6.27. The maximum atomic E-state index is 12.4. The number of nitrogens with one attached hydrogen (secondary N) is 2. The molecule has 2 heterocycles. The Labute approximate surface area is 212 Å². The van der Waals surface area contributed by atoms with Crippen LogP contribution in [0.4, 0.5) is 11.5 Å². The second-order valence-corrected chi connectivity index (χ2v) is 9.21. The van der Waals surface area contributed by atoms with Crippen molar-refractivity contribution >= 4 is 28.3 Å². The fourth-order valence-electron chi connectivity index (χ4n) is 4.77. The van der Waals surface area contributed by atoms with E-state index in [4.69, 9.17) is 9.97 Å². The first-order valence-corrected chi connectivity index (χ1v) is 12.7. The van der Waals surface area contributed by atoms with Crippen LogP contribution in [-0.4, -0.2) is 20.4 Å². The molecule has 0 aliphatic heterocycles. The van der Waals surface area contributed by atoms with Gasteiger partial charge in [-0.1, -0.05) is 49.2 Å². The summed E-state index contributed by atoms with van der Waals surface area (Å²) < 4.78 is 2.08. The molecule has 36 heavy (non-hydrogen) atoms. The minimum atomic E-state index is -0.293. The quantitative estimate of drug-likeness (QED) is 0.336. The number of anilines is 2. The van der Waals surface area contributed by atoms with Crippen molar-refractivity contribution in [3.63, 3.8) is 0 Å². The number of carbonyl (C=O) groups excluding carboxylic acids is 1. The van der Waals surface area contributed by atoms with Crippen molar-refractivity contribution in [2.45, 2.75) is 58.9 Å². The molecule has 0 atom stereocenters. The average molecular weight is 478 g/mol. The summed E-state index contributed by atoms with van der Waals surface area (Å²) >= 11 is 0. The predicted molar refractivity (Wildman–Crippen MR) is 145 cm³/mol. The van der Waals surface area contributed by atoms with Gasteiger partial charge in [0, 0.05) is 29.6 Å². The zero-order chi connectivity index (χ0) is 24.9. The summed E-state index contributed by atoms with van der Waals surface area (Å²) in [6.07, 6.45) is 5.90. The van der Waals surface area contributed by atoms with E-state index in [1.165, 1.54) is 11.1 Å². The molecule has 2 aromatic heterocycles. The van der Waals surface area contributed by atoms with E-state index < -0.39 is 0 Å². The van der Waals surface area contributed by atoms with Gasteiger partial charge >= 0.3 is 0 Å². The summed E-state index contributed by atoms with van der Waals surface area (Å²) in [7, 11) is 0. The third-order valence-corrected chi connectivity index (χ3v) is 6.53. The second-order valence-electron chi connectivity index (χ2n) is 9.21. The molecule has 0 radical (unpaired) electrons. The van der Waals surface area contributed by atoms with E-state index in [1.54, 1.807) is 0 Å². The molecule has 0 saturated heterocycles. The lowest BCUT2D eigenvalue weighted by Gasteiger charge is -2.21. The van der Waals surface area contributed by atoms with Crippen LogP contribution in [0.1, 0.15) is 55.1 Å². The fraction of sp³-hybridized carbons (Fsp3) is 0.300. The Morgan fingerprint density at radius 3 is 2.72 bits per heavy atom. The summed E-state index contributed by atoms with van der Waals surface area (Å²) in [4.78, 5) is 22.4. The van der Waals surface area contributed by atoms with Crippen LogP contribution in [0, 0.1) is 18.8 Å². The van der Waals surface area contributed by atoms with Gasteiger partial charge in [-0.05, 0) is 68.7 Å². The highest BCUT2D eigenvalue weighted by Crippen LogP contribution is 2.32. The van der Waals surface area contributed by atoms with Crippen LogP contribution >= 0.6 is 0 Å². The lowest BCUT2D eigenvalue weighted by atomic mass is 9.96. The van der Waals surface area contributed by atoms with Crippen molar-refractivity contribution < 1.29 is 4.79 Å². The highest BCUT2D eigenvalue weighted by atomic mass is 16.1. The van der Waals surface area contributed by atoms with Gasteiger partial charge < -0.3 is 10.6 Å². The van der Waals surface area contributed by atoms with E-state index in [-0.39, 0.29) is 5.91 Å². The van der Waals surface area contributed by atoms with E-state index >= 15 is 0 Å². The number of amides is 1. The van der Waals surface area contributed by atoms with Gasteiger partial charge in [0.25, 0.3) is 5.91 Å². The third-order valence-electron chi connectivity index (χ3n) is 6.53. The zero-order valence-corrected chi connectivity index (χ0v) is 20.9. The molecule has 2 N–H and O–H groups in total. The Morgan fingerprint density at radius 2 is 1.89 bits per heavy atom. The minimum Gasteiger partial charge on any atom is -0.366 e. The molecule has 6 heteroatoms. The number of carbonyl (C=O) groups is 1. The molecule has 4 aromatic rings. The maximum Gasteiger partial charge on any atom is 0.300 e. The van der Waals surface area contributed by atoms with Crippen LogP contribution < -0.4 is 10.6 Å². The summed E-state index contributed by atoms with van der Waals surface area (Å²) in [5.74, 6) is 6.87. The summed E-state index contributed by atoms with van der Waals surface area (Å²) in [5, 5.41) is 7.49. The number of hydrogen-bond donors (Lipinski definition) is 2. The number of hydrogen-bond acceptors (Lipinski definition) is 4. The van der Waals surface area contributed by atoms with Crippen LogP contribution in [-0.2, 0) is 24.2 Å². The number of fused-ring (bicyclic) bond motifs is 2. The van der Waals surface area contributed by atoms with E-state index in [1.807, 2.05) is 38.1 Å². The molecule has 1 aliphatic carbocycles. The molecule has 0 saturated carbocycles. The van der Waals surface area contributed by atoms with Crippen molar-refractivity contribution in [2.24, 2.45) is 0 Å². The lowest BCUT2D eigenvalue weighted by molar-refractivity contribution is -0.111. The Hall–Kier alpha value is -4.11. The standard InChI is InChI=1S/C30H31N5O/c1-3-4-6-18-28(36)32-26-16-11-17-27-24(26)19-21(2)35(27)30-33-25-15-10-9-14-23(25)29(34-30)31-20-22-12-7-5-8-13-22/h5,7-8,11-13,16-17,19H,3-4,9-10,14-15,20H2,1-2H3,(H,32,36)(H,31,33,34). The van der Waals surface area contributed by atoms with Gasteiger partial charge in [0.1, 0.15) is 5.82 Å². The number of aryl methyl sites for hydroxylation is 2. The molecule has 2 aromatic carbocycles. The number of benzene rings is 2. The molecule has 5 rings (SSSR count). The molecule has 0 unspecified atom stereocenters. The number of nitrogens with zero attached hydrogens (tertiary/aromatic N) is 3. The highest BCUT2D eigenvalue weighted by Gasteiger charge is 2.21. The average Bonchev–Trinajstić information content (AvgIpc) is 3.24. The molecule has 1 aliphatic rings. The first-order valence-electron chi connectivity index (χ1n) is 12.7. The van der Waals surface area contributed by atoms with E-state index in [0.717, 1.165) is 65.9 Å².